The van der Waals surface area contributed by atoms with Gasteiger partial charge in [0.1, 0.15) is 11.9 Å². The lowest BCUT2D eigenvalue weighted by Gasteiger charge is -2.22. The number of aryl methyl sites for hydroxylation is 2. The topological polar surface area (TPSA) is 39.1 Å². The van der Waals surface area contributed by atoms with Gasteiger partial charge in [-0.1, -0.05) is 18.2 Å². The van der Waals surface area contributed by atoms with Crippen molar-refractivity contribution in [2.75, 3.05) is 13.2 Å². The van der Waals surface area contributed by atoms with Crippen LogP contribution in [-0.4, -0.2) is 29.0 Å². The zero-order valence-corrected chi connectivity index (χ0v) is 14.4. The number of nitrogens with one attached hydrogen (secondary N) is 1. The molecule has 4 nitrogen and oxygen atoms in total. The average molecular weight is 331 g/mol. The third kappa shape index (κ3) is 4.02. The zero-order chi connectivity index (χ0) is 16.9. The van der Waals surface area contributed by atoms with Crippen molar-refractivity contribution in [2.24, 2.45) is 13.0 Å². The Morgan fingerprint density at radius 1 is 1.38 bits per heavy atom. The molecule has 2 aromatic rings. The van der Waals surface area contributed by atoms with E-state index in [1.165, 1.54) is 6.07 Å². The molecule has 0 bridgehead atoms. The van der Waals surface area contributed by atoms with E-state index in [4.69, 9.17) is 4.74 Å². The standard InChI is InChI=1S/C19H26FN3O/c1-14(7-8-15-5-3-4-6-17(15)20)21-13-16-10-12-24-19(16)18-9-11-22-23(18)2/h3-6,9,11,14,16,19,21H,7-8,10,12-13H2,1-2H3/t14?,16-,19+/m0/s1. The molecule has 1 aliphatic rings. The number of aromatic nitrogens is 2. The van der Waals surface area contributed by atoms with E-state index in [0.717, 1.165) is 43.7 Å². The molecule has 130 valence electrons. The Balaban J connectivity index is 1.48. The maximum Gasteiger partial charge on any atom is 0.126 e. The molecule has 1 aliphatic heterocycles. The van der Waals surface area contributed by atoms with Gasteiger partial charge < -0.3 is 10.1 Å². The summed E-state index contributed by atoms with van der Waals surface area (Å²) >= 11 is 0. The van der Waals surface area contributed by atoms with Gasteiger partial charge in [-0.15, -0.1) is 0 Å². The van der Waals surface area contributed by atoms with Crippen molar-refractivity contribution in [3.05, 3.63) is 53.6 Å². The minimum Gasteiger partial charge on any atom is -0.372 e. The molecule has 0 spiro atoms. The van der Waals surface area contributed by atoms with Gasteiger partial charge in [0.2, 0.25) is 0 Å². The van der Waals surface area contributed by atoms with Crippen LogP contribution in [0.3, 0.4) is 0 Å². The number of hydrogen-bond acceptors (Lipinski definition) is 3. The molecule has 24 heavy (non-hydrogen) atoms. The molecule has 1 aromatic carbocycles. The minimum absolute atomic E-state index is 0.106. The first-order chi connectivity index (χ1) is 11.6. The molecule has 0 radical (unpaired) electrons. The molecule has 3 atom stereocenters. The number of nitrogens with zero attached hydrogens (tertiary/aromatic N) is 2. The third-order valence-electron chi connectivity index (χ3n) is 4.90. The summed E-state index contributed by atoms with van der Waals surface area (Å²) in [4.78, 5) is 0. The molecule has 3 rings (SSSR count). The second-order valence-electron chi connectivity index (χ2n) is 6.66. The van der Waals surface area contributed by atoms with Gasteiger partial charge in [0.25, 0.3) is 0 Å². The van der Waals surface area contributed by atoms with Crippen LogP contribution in [0.15, 0.2) is 36.5 Å². The molecule has 1 fully saturated rings. The number of hydrogen-bond donors (Lipinski definition) is 1. The summed E-state index contributed by atoms with van der Waals surface area (Å²) in [5, 5.41) is 7.84. The van der Waals surface area contributed by atoms with Crippen LogP contribution in [0.4, 0.5) is 4.39 Å². The molecule has 1 N–H and O–H groups in total. The highest BCUT2D eigenvalue weighted by Crippen LogP contribution is 2.33. The first kappa shape index (κ1) is 17.1. The van der Waals surface area contributed by atoms with Gasteiger partial charge in [0.05, 0.1) is 5.69 Å². The van der Waals surface area contributed by atoms with Gasteiger partial charge >= 0.3 is 0 Å². The van der Waals surface area contributed by atoms with Gasteiger partial charge in [-0.05, 0) is 43.9 Å². The fourth-order valence-electron chi connectivity index (χ4n) is 3.36. The van der Waals surface area contributed by atoms with Gasteiger partial charge in [0, 0.05) is 38.4 Å². The number of ether oxygens (including phenoxy) is 1. The third-order valence-corrected chi connectivity index (χ3v) is 4.90. The lowest BCUT2D eigenvalue weighted by molar-refractivity contribution is 0.0832. The van der Waals surface area contributed by atoms with E-state index < -0.39 is 0 Å². The monoisotopic (exact) mass is 331 g/mol. The fourth-order valence-corrected chi connectivity index (χ4v) is 3.36. The highest BCUT2D eigenvalue weighted by molar-refractivity contribution is 5.17. The highest BCUT2D eigenvalue weighted by atomic mass is 19.1. The molecule has 2 heterocycles. The van der Waals surface area contributed by atoms with Crippen molar-refractivity contribution in [1.29, 1.82) is 0 Å². The Morgan fingerprint density at radius 3 is 2.96 bits per heavy atom. The summed E-state index contributed by atoms with van der Waals surface area (Å²) in [7, 11) is 1.96. The van der Waals surface area contributed by atoms with E-state index in [1.54, 1.807) is 6.07 Å². The maximum atomic E-state index is 13.7. The predicted octanol–water partition coefficient (Wildman–Crippen LogP) is 3.25. The predicted molar refractivity (Wildman–Crippen MR) is 92.2 cm³/mol. The molecule has 5 heteroatoms. The van der Waals surface area contributed by atoms with Crippen LogP contribution in [0.5, 0.6) is 0 Å². The summed E-state index contributed by atoms with van der Waals surface area (Å²) < 4.78 is 21.5. The van der Waals surface area contributed by atoms with Crippen LogP contribution in [0.1, 0.15) is 37.1 Å². The van der Waals surface area contributed by atoms with Gasteiger partial charge in [-0.2, -0.15) is 5.10 Å². The Bertz CT molecular complexity index is 658. The van der Waals surface area contributed by atoms with Crippen LogP contribution < -0.4 is 5.32 Å². The van der Waals surface area contributed by atoms with E-state index >= 15 is 0 Å². The molecule has 0 saturated carbocycles. The lowest BCUT2D eigenvalue weighted by Crippen LogP contribution is -2.33. The van der Waals surface area contributed by atoms with E-state index in [2.05, 4.69) is 17.3 Å². The van der Waals surface area contributed by atoms with E-state index in [9.17, 15) is 4.39 Å². The quantitative estimate of drug-likeness (QED) is 0.846. The second-order valence-corrected chi connectivity index (χ2v) is 6.66. The first-order valence-electron chi connectivity index (χ1n) is 8.71. The smallest absolute Gasteiger partial charge is 0.126 e. The summed E-state index contributed by atoms with van der Waals surface area (Å²) in [6.45, 7) is 3.87. The lowest BCUT2D eigenvalue weighted by atomic mass is 9.98. The molecular formula is C19H26FN3O. The molecular weight excluding hydrogens is 305 g/mol. The van der Waals surface area contributed by atoms with Crippen molar-refractivity contribution in [2.45, 2.75) is 38.3 Å². The van der Waals surface area contributed by atoms with Crippen LogP contribution in [0, 0.1) is 11.7 Å². The number of rotatable bonds is 7. The van der Waals surface area contributed by atoms with Crippen molar-refractivity contribution >= 4 is 0 Å². The molecule has 1 saturated heterocycles. The average Bonchev–Trinajstić information content (AvgIpc) is 3.20. The normalized spacial score (nSPS) is 22.0. The van der Waals surface area contributed by atoms with Crippen LogP contribution in [0.2, 0.25) is 0 Å². The van der Waals surface area contributed by atoms with Crippen LogP contribution >= 0.6 is 0 Å². The Hall–Kier alpha value is -1.72. The number of benzene rings is 1. The van der Waals surface area contributed by atoms with E-state index in [0.29, 0.717) is 12.0 Å². The van der Waals surface area contributed by atoms with E-state index in [1.807, 2.05) is 36.1 Å². The van der Waals surface area contributed by atoms with Crippen LogP contribution in [-0.2, 0) is 18.2 Å². The zero-order valence-electron chi connectivity index (χ0n) is 14.4. The minimum atomic E-state index is -0.106. The van der Waals surface area contributed by atoms with Gasteiger partial charge in [-0.3, -0.25) is 4.68 Å². The first-order valence-corrected chi connectivity index (χ1v) is 8.71. The highest BCUT2D eigenvalue weighted by Gasteiger charge is 2.31. The van der Waals surface area contributed by atoms with Gasteiger partial charge in [0.15, 0.2) is 0 Å². The second kappa shape index (κ2) is 7.90. The Labute approximate surface area is 143 Å². The SMILES string of the molecule is CC(CCc1ccccc1F)NC[C@@H]1CCO[C@H]1c1ccnn1C. The summed E-state index contributed by atoms with van der Waals surface area (Å²) in [6.07, 6.45) is 4.67. The molecule has 1 aromatic heterocycles. The van der Waals surface area contributed by atoms with Gasteiger partial charge in [-0.25, -0.2) is 4.39 Å². The fraction of sp³-hybridized carbons (Fsp3) is 0.526. The molecule has 0 aliphatic carbocycles. The van der Waals surface area contributed by atoms with Crippen molar-refractivity contribution in [3.63, 3.8) is 0 Å². The number of halogens is 1. The van der Waals surface area contributed by atoms with Crippen molar-refractivity contribution in [3.8, 4) is 0 Å². The Kier molecular flexibility index (Phi) is 5.63. The van der Waals surface area contributed by atoms with Crippen molar-refractivity contribution < 1.29 is 9.13 Å². The molecule has 1 unspecified atom stereocenters. The summed E-state index contributed by atoms with van der Waals surface area (Å²) in [5.41, 5.74) is 1.93. The summed E-state index contributed by atoms with van der Waals surface area (Å²) in [5.74, 6) is 0.349. The van der Waals surface area contributed by atoms with Crippen molar-refractivity contribution in [1.82, 2.24) is 15.1 Å². The summed E-state index contributed by atoms with van der Waals surface area (Å²) in [6, 6.07) is 9.40. The molecule has 0 amide bonds. The Morgan fingerprint density at radius 2 is 2.21 bits per heavy atom. The largest absolute Gasteiger partial charge is 0.372 e. The van der Waals surface area contributed by atoms with E-state index in [-0.39, 0.29) is 11.9 Å². The maximum absolute atomic E-state index is 13.7. The van der Waals surface area contributed by atoms with Crippen LogP contribution in [0.25, 0.3) is 0 Å².